The summed E-state index contributed by atoms with van der Waals surface area (Å²) in [4.78, 5) is 37.5. The summed E-state index contributed by atoms with van der Waals surface area (Å²) >= 11 is 0. The van der Waals surface area contributed by atoms with Crippen molar-refractivity contribution in [3.63, 3.8) is 0 Å². The first-order valence-electron chi connectivity index (χ1n) is 11.0. The van der Waals surface area contributed by atoms with Crippen LogP contribution >= 0.6 is 0 Å². The van der Waals surface area contributed by atoms with Gasteiger partial charge in [0.05, 0.1) is 24.3 Å². The summed E-state index contributed by atoms with van der Waals surface area (Å²) < 4.78 is 65.7. The molecule has 0 saturated heterocycles. The van der Waals surface area contributed by atoms with Crippen LogP contribution in [0.1, 0.15) is 23.4 Å². The second-order valence-electron chi connectivity index (χ2n) is 7.79. The number of aryl methyl sites for hydroxylation is 1. The minimum absolute atomic E-state index is 0.630. The molecule has 1 aliphatic rings. The first kappa shape index (κ1) is 30.9. The largest absolute Gasteiger partial charge is 0.490 e. The number of fused-ring (bicyclic) bond motifs is 1. The molecule has 1 aliphatic heterocycles. The minimum atomic E-state index is -5.08. The van der Waals surface area contributed by atoms with Crippen molar-refractivity contribution in [2.24, 2.45) is 0 Å². The Morgan fingerprint density at radius 2 is 1.54 bits per heavy atom. The predicted molar refractivity (Wildman–Crippen MR) is 122 cm³/mol. The number of nitrogens with one attached hydrogen (secondary N) is 1. The lowest BCUT2D eigenvalue weighted by Crippen LogP contribution is -2.23. The molecular formula is C22H23F6N7O4. The Morgan fingerprint density at radius 1 is 0.923 bits per heavy atom. The molecule has 3 N–H and O–H groups in total. The number of nitrogens with zero attached hydrogens (tertiary/aromatic N) is 6. The van der Waals surface area contributed by atoms with E-state index in [9.17, 15) is 26.3 Å². The fourth-order valence-corrected chi connectivity index (χ4v) is 3.17. The Kier molecular flexibility index (Phi) is 11.1. The molecule has 0 spiro atoms. The van der Waals surface area contributed by atoms with Crippen molar-refractivity contribution in [1.29, 1.82) is 0 Å². The molecule has 3 aromatic rings. The van der Waals surface area contributed by atoms with Gasteiger partial charge in [-0.1, -0.05) is 6.07 Å². The van der Waals surface area contributed by atoms with Gasteiger partial charge in [-0.25, -0.2) is 24.5 Å². The van der Waals surface area contributed by atoms with Gasteiger partial charge in [0, 0.05) is 51.0 Å². The normalized spacial score (nSPS) is 13.5. The van der Waals surface area contributed by atoms with Crippen molar-refractivity contribution < 1.29 is 46.1 Å². The smallest absolute Gasteiger partial charge is 0.475 e. The fourth-order valence-electron chi connectivity index (χ4n) is 3.17. The zero-order valence-corrected chi connectivity index (χ0v) is 20.0. The van der Waals surface area contributed by atoms with Gasteiger partial charge in [-0.2, -0.15) is 26.3 Å². The van der Waals surface area contributed by atoms with Gasteiger partial charge in [0.1, 0.15) is 0 Å². The van der Waals surface area contributed by atoms with Gasteiger partial charge < -0.3 is 20.1 Å². The highest BCUT2D eigenvalue weighted by atomic mass is 19.4. The van der Waals surface area contributed by atoms with Crippen molar-refractivity contribution in [3.8, 4) is 0 Å². The van der Waals surface area contributed by atoms with Gasteiger partial charge in [0.2, 0.25) is 5.95 Å². The Bertz CT molecular complexity index is 1170. The van der Waals surface area contributed by atoms with Crippen molar-refractivity contribution in [3.05, 3.63) is 66.3 Å². The number of anilines is 1. The van der Waals surface area contributed by atoms with E-state index in [1.807, 2.05) is 30.9 Å². The third-order valence-corrected chi connectivity index (χ3v) is 4.87. The van der Waals surface area contributed by atoms with E-state index in [1.165, 1.54) is 11.3 Å². The predicted octanol–water partition coefficient (Wildman–Crippen LogP) is 3.35. The molecule has 0 aromatic carbocycles. The number of halogens is 6. The number of rotatable bonds is 5. The van der Waals surface area contributed by atoms with Crippen molar-refractivity contribution in [2.45, 2.75) is 45.0 Å². The van der Waals surface area contributed by atoms with Crippen LogP contribution in [0.2, 0.25) is 0 Å². The number of hydrogen-bond acceptors (Lipinski definition) is 8. The summed E-state index contributed by atoms with van der Waals surface area (Å²) in [7, 11) is 0. The molecule has 39 heavy (non-hydrogen) atoms. The maximum atomic E-state index is 10.6. The van der Waals surface area contributed by atoms with Crippen LogP contribution in [0.25, 0.3) is 0 Å². The number of carboxylic acids is 2. The maximum Gasteiger partial charge on any atom is 0.490 e. The van der Waals surface area contributed by atoms with Crippen molar-refractivity contribution >= 4 is 17.9 Å². The Labute approximate surface area is 217 Å². The lowest BCUT2D eigenvalue weighted by atomic mass is 10.2. The molecule has 0 saturated carbocycles. The molecule has 0 bridgehead atoms. The molecule has 0 atom stereocenters. The van der Waals surface area contributed by atoms with Crippen LogP contribution in [0.5, 0.6) is 0 Å². The summed E-state index contributed by atoms with van der Waals surface area (Å²) in [5, 5.41) is 17.5. The molecule has 0 aliphatic carbocycles. The lowest BCUT2D eigenvalue weighted by molar-refractivity contribution is -0.193. The average molecular weight is 563 g/mol. The molecule has 0 amide bonds. The second kappa shape index (κ2) is 14.0. The monoisotopic (exact) mass is 563 g/mol. The van der Waals surface area contributed by atoms with E-state index in [0.717, 1.165) is 38.3 Å². The molecule has 4 rings (SSSR count). The quantitative estimate of drug-likeness (QED) is 0.395. The third-order valence-electron chi connectivity index (χ3n) is 4.87. The van der Waals surface area contributed by atoms with Crippen LogP contribution < -0.4 is 5.32 Å². The van der Waals surface area contributed by atoms with E-state index in [-0.39, 0.29) is 0 Å². The zero-order chi connectivity index (χ0) is 29.1. The van der Waals surface area contributed by atoms with Crippen LogP contribution in [0, 0.1) is 0 Å². The third kappa shape index (κ3) is 10.9. The molecule has 4 heterocycles. The summed E-state index contributed by atoms with van der Waals surface area (Å²) in [5.41, 5.74) is 3.57. The Balaban J connectivity index is 0.000000317. The van der Waals surface area contributed by atoms with Crippen LogP contribution in [-0.4, -0.2) is 70.5 Å². The summed E-state index contributed by atoms with van der Waals surface area (Å²) in [6.45, 7) is 4.52. The highest BCUT2D eigenvalue weighted by molar-refractivity contribution is 5.73. The number of carboxylic acid groups (broad SMARTS) is 2. The van der Waals surface area contributed by atoms with Crippen LogP contribution in [0.4, 0.5) is 32.3 Å². The molecule has 17 heteroatoms. The standard InChI is InChI=1S/C18H21N7.2C2HF3O2/c1-4-15(10-19-5-1)12-24-8-3-9-25-14-23-16(17(25)13-24)11-22-18-20-6-2-7-21-18;2*3-2(4,5)1(6)7/h1-2,4-7,10,14H,3,8-9,11-13H2,(H,20,21,22);2*(H,6,7). The van der Waals surface area contributed by atoms with Gasteiger partial charge in [-0.15, -0.1) is 0 Å². The second-order valence-corrected chi connectivity index (χ2v) is 7.79. The van der Waals surface area contributed by atoms with Crippen LogP contribution in [0.3, 0.4) is 0 Å². The van der Waals surface area contributed by atoms with Gasteiger partial charge in [0.25, 0.3) is 0 Å². The topological polar surface area (TPSA) is 146 Å². The first-order chi connectivity index (χ1) is 18.3. The molecule has 11 nitrogen and oxygen atoms in total. The van der Waals surface area contributed by atoms with E-state index in [4.69, 9.17) is 19.8 Å². The number of carbonyl (C=O) groups is 2. The van der Waals surface area contributed by atoms with Gasteiger partial charge in [-0.05, 0) is 24.1 Å². The number of aromatic nitrogens is 5. The lowest BCUT2D eigenvalue weighted by Gasteiger charge is -2.20. The molecule has 3 aromatic heterocycles. The van der Waals surface area contributed by atoms with Crippen molar-refractivity contribution in [2.75, 3.05) is 11.9 Å². The molecular weight excluding hydrogens is 540 g/mol. The van der Waals surface area contributed by atoms with Crippen LogP contribution in [-0.2, 0) is 35.8 Å². The number of pyridine rings is 1. The average Bonchev–Trinajstić information content (AvgIpc) is 3.13. The minimum Gasteiger partial charge on any atom is -0.475 e. The van der Waals surface area contributed by atoms with E-state index in [2.05, 4.69) is 40.8 Å². The highest BCUT2D eigenvalue weighted by Crippen LogP contribution is 2.19. The summed E-state index contributed by atoms with van der Waals surface area (Å²) in [6, 6.07) is 5.93. The van der Waals surface area contributed by atoms with Crippen LogP contribution in [0.15, 0.2) is 49.3 Å². The summed E-state index contributed by atoms with van der Waals surface area (Å²) in [6.07, 6.45) is 0.134. The molecule has 212 valence electrons. The van der Waals surface area contributed by atoms with Crippen molar-refractivity contribution in [1.82, 2.24) is 29.4 Å². The summed E-state index contributed by atoms with van der Waals surface area (Å²) in [5.74, 6) is -4.88. The maximum absolute atomic E-state index is 10.6. The SMILES string of the molecule is O=C(O)C(F)(F)F.O=C(O)C(F)(F)F.c1cnc(NCc2ncn3c2CN(Cc2cccnc2)CCC3)nc1. The van der Waals surface area contributed by atoms with E-state index < -0.39 is 24.3 Å². The Morgan fingerprint density at radius 3 is 2.08 bits per heavy atom. The molecule has 0 radical (unpaired) electrons. The number of hydrogen-bond donors (Lipinski definition) is 3. The van der Waals surface area contributed by atoms with Gasteiger partial charge >= 0.3 is 24.3 Å². The van der Waals surface area contributed by atoms with Gasteiger partial charge in [-0.3, -0.25) is 9.88 Å². The number of imidazole rings is 1. The number of alkyl halides is 6. The number of aliphatic carboxylic acids is 2. The Hall–Kier alpha value is -4.28. The fraction of sp³-hybridized carbons (Fsp3) is 0.364. The zero-order valence-electron chi connectivity index (χ0n) is 20.0. The highest BCUT2D eigenvalue weighted by Gasteiger charge is 2.38. The van der Waals surface area contributed by atoms with Gasteiger partial charge in [0.15, 0.2) is 0 Å². The van der Waals surface area contributed by atoms with E-state index in [1.54, 1.807) is 12.4 Å². The van der Waals surface area contributed by atoms with E-state index >= 15 is 0 Å². The van der Waals surface area contributed by atoms with E-state index in [0.29, 0.717) is 12.5 Å². The first-order valence-corrected chi connectivity index (χ1v) is 11.0. The molecule has 0 fully saturated rings. The molecule has 0 unspecified atom stereocenters.